The zero-order valence-electron chi connectivity index (χ0n) is 9.96. The van der Waals surface area contributed by atoms with Gasteiger partial charge in [0.2, 0.25) is 0 Å². The van der Waals surface area contributed by atoms with Crippen LogP contribution in [0.3, 0.4) is 0 Å². The molecule has 1 aromatic rings. The molecule has 1 atom stereocenters. The first-order valence-electron chi connectivity index (χ1n) is 5.91. The van der Waals surface area contributed by atoms with E-state index in [1.807, 2.05) is 6.20 Å². The van der Waals surface area contributed by atoms with Crippen molar-refractivity contribution in [2.75, 3.05) is 0 Å². The van der Waals surface area contributed by atoms with Crippen LogP contribution in [0.5, 0.6) is 0 Å². The van der Waals surface area contributed by atoms with Gasteiger partial charge in [0.1, 0.15) is 5.84 Å². The van der Waals surface area contributed by atoms with Crippen LogP contribution in [0.4, 0.5) is 0 Å². The van der Waals surface area contributed by atoms with Gasteiger partial charge < -0.3 is 5.32 Å². The Balaban J connectivity index is 1.91. The van der Waals surface area contributed by atoms with Gasteiger partial charge in [-0.2, -0.15) is 0 Å². The minimum absolute atomic E-state index is 0.114. The van der Waals surface area contributed by atoms with E-state index in [1.165, 1.54) is 28.8 Å². The second-order valence-corrected chi connectivity index (χ2v) is 6.14. The molecule has 1 fully saturated rings. The highest BCUT2D eigenvalue weighted by molar-refractivity contribution is 7.10. The maximum Gasteiger partial charge on any atom is 0.105 e. The van der Waals surface area contributed by atoms with Gasteiger partial charge in [-0.25, -0.2) is 4.99 Å². The lowest BCUT2D eigenvalue weighted by Gasteiger charge is -2.23. The zero-order chi connectivity index (χ0) is 12.0. The summed E-state index contributed by atoms with van der Waals surface area (Å²) in [5, 5.41) is 6.48. The number of rotatable bonds is 2. The summed E-state index contributed by atoms with van der Waals surface area (Å²) in [6.07, 6.45) is 4.32. The number of nitrogens with zero attached hydrogens (tertiary/aromatic N) is 1. The summed E-state index contributed by atoms with van der Waals surface area (Å²) in [5.41, 5.74) is 2.68. The molecule has 1 saturated carbocycles. The lowest BCUT2D eigenvalue weighted by atomic mass is 10.1. The highest BCUT2D eigenvalue weighted by Gasteiger charge is 2.32. The van der Waals surface area contributed by atoms with Crippen molar-refractivity contribution in [3.63, 3.8) is 0 Å². The fourth-order valence-corrected chi connectivity index (χ4v) is 3.46. The molecule has 0 bridgehead atoms. The summed E-state index contributed by atoms with van der Waals surface area (Å²) < 4.78 is 0. The molecular formula is C13H15ClN2S. The summed E-state index contributed by atoms with van der Waals surface area (Å²) >= 11 is 8.06. The summed E-state index contributed by atoms with van der Waals surface area (Å²) in [7, 11) is 0. The number of hydrogen-bond acceptors (Lipinski definition) is 3. The Labute approximate surface area is 110 Å². The van der Waals surface area contributed by atoms with Crippen molar-refractivity contribution in [1.29, 1.82) is 0 Å². The van der Waals surface area contributed by atoms with E-state index in [4.69, 9.17) is 11.6 Å². The van der Waals surface area contributed by atoms with E-state index in [0.29, 0.717) is 5.92 Å². The first kappa shape index (κ1) is 11.3. The van der Waals surface area contributed by atoms with Gasteiger partial charge >= 0.3 is 0 Å². The van der Waals surface area contributed by atoms with Crippen molar-refractivity contribution in [2.24, 2.45) is 10.9 Å². The molecule has 1 aliphatic heterocycles. The van der Waals surface area contributed by atoms with Crippen LogP contribution in [0.25, 0.3) is 0 Å². The van der Waals surface area contributed by atoms with E-state index in [1.54, 1.807) is 11.3 Å². The Hall–Kier alpha value is -0.800. The van der Waals surface area contributed by atoms with Crippen LogP contribution in [-0.4, -0.2) is 5.84 Å². The van der Waals surface area contributed by atoms with Crippen LogP contribution in [0.15, 0.2) is 21.6 Å². The van der Waals surface area contributed by atoms with Gasteiger partial charge in [0.15, 0.2) is 0 Å². The topological polar surface area (TPSA) is 24.4 Å². The first-order valence-corrected chi connectivity index (χ1v) is 7.17. The van der Waals surface area contributed by atoms with Gasteiger partial charge in [-0.15, -0.1) is 11.3 Å². The van der Waals surface area contributed by atoms with Gasteiger partial charge in [0.05, 0.1) is 11.1 Å². The predicted molar refractivity (Wildman–Crippen MR) is 73.8 cm³/mol. The Morgan fingerprint density at radius 1 is 1.41 bits per heavy atom. The summed E-state index contributed by atoms with van der Waals surface area (Å²) in [6, 6.07) is 0.114. The lowest BCUT2D eigenvalue weighted by Crippen LogP contribution is -2.32. The molecule has 2 nitrogen and oxygen atoms in total. The number of hydrogen-bond donors (Lipinski definition) is 1. The molecule has 0 aromatic carbocycles. The number of aliphatic imine (C=N–C) groups is 1. The monoisotopic (exact) mass is 266 g/mol. The molecule has 4 heteroatoms. The molecule has 0 radical (unpaired) electrons. The summed E-state index contributed by atoms with van der Waals surface area (Å²) in [5.74, 6) is 1.75. The molecule has 90 valence electrons. The van der Waals surface area contributed by atoms with Crippen molar-refractivity contribution in [3.05, 3.63) is 32.6 Å². The van der Waals surface area contributed by atoms with Gasteiger partial charge in [0.25, 0.3) is 0 Å². The SMILES string of the molecule is Cc1csc(C2NC(C3CC3)=NC=C2Cl)c1C. The Kier molecular flexibility index (Phi) is 2.75. The Morgan fingerprint density at radius 3 is 2.76 bits per heavy atom. The molecule has 0 amide bonds. The smallest absolute Gasteiger partial charge is 0.105 e. The molecular weight excluding hydrogens is 252 g/mol. The lowest BCUT2D eigenvalue weighted by molar-refractivity contribution is 0.748. The molecule has 1 unspecified atom stereocenters. The Bertz CT molecular complexity index is 511. The van der Waals surface area contributed by atoms with E-state index < -0.39 is 0 Å². The van der Waals surface area contributed by atoms with Crippen LogP contribution in [0.1, 0.15) is 34.9 Å². The van der Waals surface area contributed by atoms with E-state index in [0.717, 1.165) is 10.9 Å². The van der Waals surface area contributed by atoms with Crippen molar-refractivity contribution in [1.82, 2.24) is 5.32 Å². The maximum absolute atomic E-state index is 6.29. The molecule has 1 N–H and O–H groups in total. The fraction of sp³-hybridized carbons (Fsp3) is 0.462. The normalized spacial score (nSPS) is 24.1. The molecule has 0 saturated heterocycles. The average molecular weight is 267 g/mol. The average Bonchev–Trinajstić information content (AvgIpc) is 3.10. The van der Waals surface area contributed by atoms with Gasteiger partial charge in [-0.05, 0) is 43.2 Å². The second kappa shape index (κ2) is 4.14. The molecule has 0 spiro atoms. The van der Waals surface area contributed by atoms with Crippen molar-refractivity contribution < 1.29 is 0 Å². The van der Waals surface area contributed by atoms with E-state index in [-0.39, 0.29) is 6.04 Å². The fourth-order valence-electron chi connectivity index (χ4n) is 2.04. The van der Waals surface area contributed by atoms with E-state index in [2.05, 4.69) is 29.5 Å². The molecule has 1 aromatic heterocycles. The predicted octanol–water partition coefficient (Wildman–Crippen LogP) is 3.90. The first-order chi connectivity index (χ1) is 8.16. The maximum atomic E-state index is 6.29. The van der Waals surface area contributed by atoms with Gasteiger partial charge in [-0.3, -0.25) is 0 Å². The standard InChI is InChI=1S/C13H15ClN2S/c1-7-6-17-12(8(7)2)11-10(14)5-15-13(16-11)9-3-4-9/h5-6,9,11H,3-4H2,1-2H3,(H,15,16). The number of halogens is 1. The number of amidine groups is 1. The number of thiophene rings is 1. The quantitative estimate of drug-likeness (QED) is 0.863. The number of aryl methyl sites for hydroxylation is 1. The summed E-state index contributed by atoms with van der Waals surface area (Å²) in [6.45, 7) is 4.31. The molecule has 2 heterocycles. The van der Waals surface area contributed by atoms with Crippen LogP contribution in [-0.2, 0) is 0 Å². The Morgan fingerprint density at radius 2 is 2.18 bits per heavy atom. The highest BCUT2D eigenvalue weighted by Crippen LogP contribution is 2.38. The summed E-state index contributed by atoms with van der Waals surface area (Å²) in [4.78, 5) is 5.72. The van der Waals surface area contributed by atoms with Crippen molar-refractivity contribution >= 4 is 28.8 Å². The van der Waals surface area contributed by atoms with Crippen LogP contribution in [0.2, 0.25) is 0 Å². The highest BCUT2D eigenvalue weighted by atomic mass is 35.5. The second-order valence-electron chi connectivity index (χ2n) is 4.79. The molecule has 1 aliphatic carbocycles. The number of nitrogens with one attached hydrogen (secondary N) is 1. The van der Waals surface area contributed by atoms with Gasteiger partial charge in [-0.1, -0.05) is 11.6 Å². The van der Waals surface area contributed by atoms with Crippen LogP contribution >= 0.6 is 22.9 Å². The third kappa shape index (κ3) is 2.02. The van der Waals surface area contributed by atoms with Crippen molar-refractivity contribution in [3.8, 4) is 0 Å². The molecule has 3 rings (SSSR count). The molecule has 17 heavy (non-hydrogen) atoms. The molecule has 2 aliphatic rings. The minimum atomic E-state index is 0.114. The van der Waals surface area contributed by atoms with E-state index in [9.17, 15) is 0 Å². The minimum Gasteiger partial charge on any atom is -0.361 e. The van der Waals surface area contributed by atoms with Crippen LogP contribution < -0.4 is 5.32 Å². The largest absolute Gasteiger partial charge is 0.361 e. The van der Waals surface area contributed by atoms with E-state index >= 15 is 0 Å². The van der Waals surface area contributed by atoms with Crippen molar-refractivity contribution in [2.45, 2.75) is 32.7 Å². The van der Waals surface area contributed by atoms with Gasteiger partial charge in [0, 0.05) is 17.0 Å². The zero-order valence-corrected chi connectivity index (χ0v) is 11.5. The third-order valence-electron chi connectivity index (χ3n) is 3.44. The van der Waals surface area contributed by atoms with Crippen LogP contribution in [0, 0.1) is 19.8 Å². The third-order valence-corrected chi connectivity index (χ3v) is 5.03.